The van der Waals surface area contributed by atoms with Crippen molar-refractivity contribution in [3.63, 3.8) is 0 Å². The Morgan fingerprint density at radius 2 is 2.39 bits per heavy atom. The average molecular weight is 251 g/mol. The number of hydrogen-bond donors (Lipinski definition) is 1. The molecule has 0 aromatic carbocycles. The third-order valence-corrected chi connectivity index (χ3v) is 3.68. The molecule has 1 aromatic rings. The second kappa shape index (κ2) is 5.85. The Hall–Kier alpha value is -0.870. The summed E-state index contributed by atoms with van der Waals surface area (Å²) in [5.41, 5.74) is 1.43. The van der Waals surface area contributed by atoms with Crippen LogP contribution in [0, 0.1) is 5.41 Å². The molecule has 1 atom stereocenters. The van der Waals surface area contributed by atoms with Gasteiger partial charge in [0.2, 0.25) is 0 Å². The molecule has 0 spiro atoms. The predicted octanol–water partition coefficient (Wildman–Crippen LogP) is 2.02. The molecule has 1 saturated heterocycles. The molecule has 0 aliphatic carbocycles. The van der Waals surface area contributed by atoms with E-state index in [2.05, 4.69) is 43.4 Å². The minimum Gasteiger partial charge on any atom is -0.381 e. The zero-order chi connectivity index (χ0) is 13.0. The molecule has 1 fully saturated rings. The first-order valence-corrected chi connectivity index (χ1v) is 6.98. The largest absolute Gasteiger partial charge is 0.381 e. The number of ether oxygens (including phenoxy) is 1. The normalized spacial score (nSPS) is 24.0. The highest BCUT2D eigenvalue weighted by molar-refractivity contribution is 5.05. The number of nitrogens with one attached hydrogen (secondary N) is 1. The van der Waals surface area contributed by atoms with Gasteiger partial charge in [0.05, 0.1) is 12.3 Å². The molecule has 4 nitrogen and oxygen atoms in total. The fourth-order valence-corrected chi connectivity index (χ4v) is 2.52. The molecule has 1 aliphatic rings. The van der Waals surface area contributed by atoms with E-state index in [1.54, 1.807) is 0 Å². The minimum absolute atomic E-state index is 0.242. The summed E-state index contributed by atoms with van der Waals surface area (Å²) in [6, 6.07) is 2.58. The number of aromatic nitrogens is 2. The van der Waals surface area contributed by atoms with Crippen LogP contribution >= 0.6 is 0 Å². The van der Waals surface area contributed by atoms with E-state index in [0.29, 0.717) is 6.04 Å². The molecular formula is C14H25N3O. The third-order valence-electron chi connectivity index (χ3n) is 3.68. The van der Waals surface area contributed by atoms with Crippen LogP contribution in [-0.4, -0.2) is 36.1 Å². The van der Waals surface area contributed by atoms with Gasteiger partial charge < -0.3 is 10.1 Å². The topological polar surface area (TPSA) is 39.1 Å². The SMILES string of the molecule is CCNCC1(Cc2ccn(C(C)C)n2)CCOC1. The Balaban J connectivity index is 2.03. The van der Waals surface area contributed by atoms with Crippen LogP contribution in [0.1, 0.15) is 38.9 Å². The molecular weight excluding hydrogens is 226 g/mol. The lowest BCUT2D eigenvalue weighted by atomic mass is 9.82. The van der Waals surface area contributed by atoms with Crippen molar-refractivity contribution >= 4 is 0 Å². The lowest BCUT2D eigenvalue weighted by Gasteiger charge is -2.26. The Bertz CT molecular complexity index is 367. The molecule has 1 aromatic heterocycles. The zero-order valence-corrected chi connectivity index (χ0v) is 11.8. The van der Waals surface area contributed by atoms with Gasteiger partial charge in [0.25, 0.3) is 0 Å². The molecule has 2 rings (SSSR count). The number of hydrogen-bond acceptors (Lipinski definition) is 3. The van der Waals surface area contributed by atoms with Crippen LogP contribution in [0.3, 0.4) is 0 Å². The second-order valence-corrected chi connectivity index (χ2v) is 5.64. The van der Waals surface area contributed by atoms with Crippen molar-refractivity contribution in [2.24, 2.45) is 5.41 Å². The summed E-state index contributed by atoms with van der Waals surface area (Å²) in [7, 11) is 0. The molecule has 0 saturated carbocycles. The maximum absolute atomic E-state index is 5.61. The lowest BCUT2D eigenvalue weighted by molar-refractivity contribution is 0.149. The van der Waals surface area contributed by atoms with E-state index in [1.807, 2.05) is 4.68 Å². The molecule has 4 heteroatoms. The van der Waals surface area contributed by atoms with Crippen LogP contribution in [-0.2, 0) is 11.2 Å². The van der Waals surface area contributed by atoms with E-state index >= 15 is 0 Å². The van der Waals surface area contributed by atoms with E-state index in [9.17, 15) is 0 Å². The highest BCUT2D eigenvalue weighted by Crippen LogP contribution is 2.31. The van der Waals surface area contributed by atoms with Gasteiger partial charge in [-0.05, 0) is 32.9 Å². The summed E-state index contributed by atoms with van der Waals surface area (Å²) in [4.78, 5) is 0. The quantitative estimate of drug-likeness (QED) is 0.841. The Kier molecular flexibility index (Phi) is 4.40. The smallest absolute Gasteiger partial charge is 0.0631 e. The molecule has 18 heavy (non-hydrogen) atoms. The highest BCUT2D eigenvalue weighted by Gasteiger charge is 2.35. The summed E-state index contributed by atoms with van der Waals surface area (Å²) < 4.78 is 7.64. The Morgan fingerprint density at radius 3 is 2.94 bits per heavy atom. The van der Waals surface area contributed by atoms with E-state index in [4.69, 9.17) is 4.74 Å². The number of nitrogens with zero attached hydrogens (tertiary/aromatic N) is 2. The second-order valence-electron chi connectivity index (χ2n) is 5.64. The van der Waals surface area contributed by atoms with Crippen molar-refractivity contribution < 1.29 is 4.74 Å². The van der Waals surface area contributed by atoms with Crippen molar-refractivity contribution in [1.29, 1.82) is 0 Å². The van der Waals surface area contributed by atoms with Crippen LogP contribution in [0.4, 0.5) is 0 Å². The first-order chi connectivity index (χ1) is 8.65. The highest BCUT2D eigenvalue weighted by atomic mass is 16.5. The van der Waals surface area contributed by atoms with Gasteiger partial charge in [-0.3, -0.25) is 4.68 Å². The molecule has 2 heterocycles. The number of rotatable bonds is 6. The van der Waals surface area contributed by atoms with Crippen molar-refractivity contribution in [2.75, 3.05) is 26.3 Å². The van der Waals surface area contributed by atoms with Gasteiger partial charge in [-0.25, -0.2) is 0 Å². The van der Waals surface area contributed by atoms with Gasteiger partial charge in [0.1, 0.15) is 0 Å². The Labute approximate surface area is 110 Å². The monoisotopic (exact) mass is 251 g/mol. The summed E-state index contributed by atoms with van der Waals surface area (Å²) in [5.74, 6) is 0. The van der Waals surface area contributed by atoms with Crippen LogP contribution in [0.25, 0.3) is 0 Å². The molecule has 0 bridgehead atoms. The van der Waals surface area contributed by atoms with Gasteiger partial charge >= 0.3 is 0 Å². The minimum atomic E-state index is 0.242. The van der Waals surface area contributed by atoms with Crippen molar-refractivity contribution in [1.82, 2.24) is 15.1 Å². The lowest BCUT2D eigenvalue weighted by Crippen LogP contribution is -2.36. The van der Waals surface area contributed by atoms with Crippen LogP contribution < -0.4 is 5.32 Å². The standard InChI is InChI=1S/C14H25N3O/c1-4-15-10-14(6-8-18-11-14)9-13-5-7-17(16-13)12(2)3/h5,7,12,15H,4,6,8-11H2,1-3H3. The first kappa shape index (κ1) is 13.6. The van der Waals surface area contributed by atoms with Crippen molar-refractivity contribution in [2.45, 2.75) is 39.7 Å². The van der Waals surface area contributed by atoms with Gasteiger partial charge in [-0.15, -0.1) is 0 Å². The maximum Gasteiger partial charge on any atom is 0.0631 e. The van der Waals surface area contributed by atoms with E-state index < -0.39 is 0 Å². The van der Waals surface area contributed by atoms with Crippen molar-refractivity contribution in [3.8, 4) is 0 Å². The van der Waals surface area contributed by atoms with Crippen LogP contribution in [0.15, 0.2) is 12.3 Å². The first-order valence-electron chi connectivity index (χ1n) is 6.98. The van der Waals surface area contributed by atoms with E-state index in [1.165, 1.54) is 5.69 Å². The van der Waals surface area contributed by atoms with Crippen molar-refractivity contribution in [3.05, 3.63) is 18.0 Å². The molecule has 0 amide bonds. The van der Waals surface area contributed by atoms with E-state index in [-0.39, 0.29) is 5.41 Å². The van der Waals surface area contributed by atoms with Gasteiger partial charge in [-0.1, -0.05) is 6.92 Å². The van der Waals surface area contributed by atoms with Gasteiger partial charge in [0, 0.05) is 37.2 Å². The summed E-state index contributed by atoms with van der Waals surface area (Å²) >= 11 is 0. The van der Waals surface area contributed by atoms with Gasteiger partial charge in [-0.2, -0.15) is 5.10 Å². The average Bonchev–Trinajstić information content (AvgIpc) is 2.97. The fourth-order valence-electron chi connectivity index (χ4n) is 2.52. The summed E-state index contributed by atoms with van der Waals surface area (Å²) in [6.45, 7) is 10.2. The zero-order valence-electron chi connectivity index (χ0n) is 11.8. The molecule has 1 aliphatic heterocycles. The van der Waals surface area contributed by atoms with Crippen LogP contribution in [0.2, 0.25) is 0 Å². The van der Waals surface area contributed by atoms with Gasteiger partial charge in [0.15, 0.2) is 0 Å². The predicted molar refractivity (Wildman–Crippen MR) is 72.7 cm³/mol. The summed E-state index contributed by atoms with van der Waals surface area (Å²) in [6.07, 6.45) is 4.23. The Morgan fingerprint density at radius 1 is 1.56 bits per heavy atom. The molecule has 1 unspecified atom stereocenters. The summed E-state index contributed by atoms with van der Waals surface area (Å²) in [5, 5.41) is 8.13. The molecule has 0 radical (unpaired) electrons. The fraction of sp³-hybridized carbons (Fsp3) is 0.786. The molecule has 102 valence electrons. The van der Waals surface area contributed by atoms with Crippen LogP contribution in [0.5, 0.6) is 0 Å². The third kappa shape index (κ3) is 3.12. The molecule has 1 N–H and O–H groups in total. The maximum atomic E-state index is 5.61. The van der Waals surface area contributed by atoms with E-state index in [0.717, 1.165) is 39.1 Å².